The van der Waals surface area contributed by atoms with Gasteiger partial charge < -0.3 is 14.8 Å². The molecule has 0 radical (unpaired) electrons. The van der Waals surface area contributed by atoms with E-state index in [0.717, 1.165) is 44.9 Å². The Bertz CT molecular complexity index is 281. The number of alkyl carbamates (subject to hydrolysis) is 1. The minimum atomic E-state index is -0.602. The van der Waals surface area contributed by atoms with Crippen LogP contribution in [0.5, 0.6) is 0 Å². The fourth-order valence-electron chi connectivity index (χ4n) is 1.83. The first-order chi connectivity index (χ1) is 10.2. The van der Waals surface area contributed by atoms with Crippen molar-refractivity contribution in [2.45, 2.75) is 78.2 Å². The van der Waals surface area contributed by atoms with E-state index in [1.165, 1.54) is 0 Å². The van der Waals surface area contributed by atoms with Crippen LogP contribution in [0.3, 0.4) is 0 Å². The fraction of sp³-hybridized carbons (Fsp3) is 0.875. The van der Waals surface area contributed by atoms with E-state index in [-0.39, 0.29) is 5.97 Å². The number of nitrogens with one attached hydrogen (secondary N) is 1. The van der Waals surface area contributed by atoms with E-state index < -0.39 is 12.1 Å². The maximum absolute atomic E-state index is 11.9. The second-order valence-electron chi connectivity index (χ2n) is 5.20. The lowest BCUT2D eigenvalue weighted by Crippen LogP contribution is -2.42. The number of hydrogen-bond acceptors (Lipinski definition) is 4. The molecule has 0 aromatic heterocycles. The second kappa shape index (κ2) is 13.7. The van der Waals surface area contributed by atoms with Gasteiger partial charge in [-0.25, -0.2) is 9.59 Å². The largest absolute Gasteiger partial charge is 0.464 e. The highest BCUT2D eigenvalue weighted by Crippen LogP contribution is 2.04. The number of rotatable bonds is 12. The number of carbonyl (C=O) groups is 2. The molecule has 1 atom stereocenters. The summed E-state index contributed by atoms with van der Waals surface area (Å²) in [5.41, 5.74) is 0. The van der Waals surface area contributed by atoms with Crippen LogP contribution in [0.15, 0.2) is 0 Å². The van der Waals surface area contributed by atoms with Gasteiger partial charge in [0.15, 0.2) is 0 Å². The lowest BCUT2D eigenvalue weighted by Gasteiger charge is -2.17. The predicted octanol–water partition coefficient (Wildman–Crippen LogP) is 3.80. The summed E-state index contributed by atoms with van der Waals surface area (Å²) in [6.45, 7) is 6.93. The normalized spacial score (nSPS) is 11.8. The minimum absolute atomic E-state index is 0.360. The van der Waals surface area contributed by atoms with Crippen molar-refractivity contribution in [1.82, 2.24) is 5.32 Å². The molecular formula is C16H31NO4. The number of unbranched alkanes of at least 4 members (excludes halogenated alkanes) is 4. The average molecular weight is 301 g/mol. The predicted molar refractivity (Wildman–Crippen MR) is 83.2 cm³/mol. The van der Waals surface area contributed by atoms with Gasteiger partial charge in [-0.2, -0.15) is 0 Å². The molecular weight excluding hydrogens is 270 g/mol. The molecule has 0 bridgehead atoms. The number of carbonyl (C=O) groups excluding carboxylic acids is 2. The van der Waals surface area contributed by atoms with Gasteiger partial charge in [0.25, 0.3) is 0 Å². The Morgan fingerprint density at radius 3 is 2.14 bits per heavy atom. The number of hydrogen-bond donors (Lipinski definition) is 1. The van der Waals surface area contributed by atoms with Crippen LogP contribution in [0.25, 0.3) is 0 Å². The highest BCUT2D eigenvalue weighted by molar-refractivity contribution is 5.81. The summed E-state index contributed by atoms with van der Waals surface area (Å²) in [7, 11) is 0. The van der Waals surface area contributed by atoms with Gasteiger partial charge in [-0.15, -0.1) is 0 Å². The van der Waals surface area contributed by atoms with Gasteiger partial charge in [-0.05, 0) is 19.3 Å². The zero-order valence-electron chi connectivity index (χ0n) is 13.8. The third-order valence-electron chi connectivity index (χ3n) is 3.13. The SMILES string of the molecule is CCCCCCOC(=O)C(CCC)NC(=O)OCCCC. The Hall–Kier alpha value is -1.26. The molecule has 0 fully saturated rings. The Morgan fingerprint density at radius 1 is 0.857 bits per heavy atom. The molecule has 5 nitrogen and oxygen atoms in total. The number of amides is 1. The van der Waals surface area contributed by atoms with Crippen molar-refractivity contribution in [2.75, 3.05) is 13.2 Å². The minimum Gasteiger partial charge on any atom is -0.464 e. The van der Waals surface area contributed by atoms with Crippen molar-refractivity contribution in [1.29, 1.82) is 0 Å². The van der Waals surface area contributed by atoms with E-state index >= 15 is 0 Å². The molecule has 0 aliphatic carbocycles. The number of esters is 1. The summed E-state index contributed by atoms with van der Waals surface area (Å²) in [6.07, 6.45) is 6.86. The molecule has 0 aromatic carbocycles. The van der Waals surface area contributed by atoms with Crippen molar-refractivity contribution in [3.63, 3.8) is 0 Å². The molecule has 21 heavy (non-hydrogen) atoms. The summed E-state index contributed by atoms with van der Waals surface area (Å²) in [5.74, 6) is -0.360. The van der Waals surface area contributed by atoms with Crippen molar-refractivity contribution >= 4 is 12.1 Å². The Labute approximate surface area is 128 Å². The maximum atomic E-state index is 11.9. The van der Waals surface area contributed by atoms with Gasteiger partial charge in [-0.3, -0.25) is 0 Å². The highest BCUT2D eigenvalue weighted by Gasteiger charge is 2.21. The quantitative estimate of drug-likeness (QED) is 0.440. The van der Waals surface area contributed by atoms with Gasteiger partial charge >= 0.3 is 12.1 Å². The summed E-state index contributed by atoms with van der Waals surface area (Å²) < 4.78 is 10.2. The molecule has 0 heterocycles. The summed E-state index contributed by atoms with van der Waals surface area (Å²) in [4.78, 5) is 23.5. The van der Waals surface area contributed by atoms with Gasteiger partial charge in [0.05, 0.1) is 13.2 Å². The van der Waals surface area contributed by atoms with Crippen LogP contribution >= 0.6 is 0 Å². The summed E-state index contributed by atoms with van der Waals surface area (Å²) >= 11 is 0. The van der Waals surface area contributed by atoms with E-state index in [0.29, 0.717) is 19.6 Å². The van der Waals surface area contributed by atoms with Crippen LogP contribution in [0.1, 0.15) is 72.1 Å². The zero-order valence-corrected chi connectivity index (χ0v) is 13.8. The van der Waals surface area contributed by atoms with Crippen LogP contribution < -0.4 is 5.32 Å². The lowest BCUT2D eigenvalue weighted by molar-refractivity contribution is -0.146. The lowest BCUT2D eigenvalue weighted by atomic mass is 10.2. The molecule has 0 saturated heterocycles. The molecule has 0 aliphatic rings. The van der Waals surface area contributed by atoms with Crippen molar-refractivity contribution in [3.05, 3.63) is 0 Å². The summed E-state index contributed by atoms with van der Waals surface area (Å²) in [6, 6.07) is -0.602. The van der Waals surface area contributed by atoms with Crippen LogP contribution in [0, 0.1) is 0 Å². The first-order valence-electron chi connectivity index (χ1n) is 8.25. The third kappa shape index (κ3) is 11.1. The summed E-state index contributed by atoms with van der Waals surface area (Å²) in [5, 5.41) is 2.59. The smallest absolute Gasteiger partial charge is 0.407 e. The second-order valence-corrected chi connectivity index (χ2v) is 5.20. The van der Waals surface area contributed by atoms with Gasteiger partial charge in [0, 0.05) is 0 Å². The van der Waals surface area contributed by atoms with E-state index in [1.54, 1.807) is 0 Å². The van der Waals surface area contributed by atoms with E-state index in [9.17, 15) is 9.59 Å². The monoisotopic (exact) mass is 301 g/mol. The van der Waals surface area contributed by atoms with Gasteiger partial charge in [0.2, 0.25) is 0 Å². The van der Waals surface area contributed by atoms with Crippen LogP contribution in [0.2, 0.25) is 0 Å². The molecule has 0 aromatic rings. The topological polar surface area (TPSA) is 64.6 Å². The van der Waals surface area contributed by atoms with E-state index in [1.807, 2.05) is 13.8 Å². The van der Waals surface area contributed by atoms with Crippen LogP contribution in [-0.4, -0.2) is 31.3 Å². The molecule has 124 valence electrons. The van der Waals surface area contributed by atoms with Crippen molar-refractivity contribution < 1.29 is 19.1 Å². The first kappa shape index (κ1) is 19.7. The standard InChI is InChI=1S/C16H31NO4/c1-4-7-9-10-13-20-15(18)14(11-6-3)17-16(19)21-12-8-5-2/h14H,4-13H2,1-3H3,(H,17,19). The molecule has 1 unspecified atom stereocenters. The maximum Gasteiger partial charge on any atom is 0.407 e. The average Bonchev–Trinajstić information content (AvgIpc) is 2.46. The highest BCUT2D eigenvalue weighted by atomic mass is 16.6. The molecule has 0 spiro atoms. The third-order valence-corrected chi connectivity index (χ3v) is 3.13. The van der Waals surface area contributed by atoms with E-state index in [4.69, 9.17) is 9.47 Å². The van der Waals surface area contributed by atoms with Crippen molar-refractivity contribution in [3.8, 4) is 0 Å². The van der Waals surface area contributed by atoms with Crippen LogP contribution in [-0.2, 0) is 14.3 Å². The van der Waals surface area contributed by atoms with Gasteiger partial charge in [-0.1, -0.05) is 52.9 Å². The Kier molecular flexibility index (Phi) is 12.9. The molecule has 1 amide bonds. The fourth-order valence-corrected chi connectivity index (χ4v) is 1.83. The van der Waals surface area contributed by atoms with Crippen molar-refractivity contribution in [2.24, 2.45) is 0 Å². The first-order valence-corrected chi connectivity index (χ1v) is 8.25. The molecule has 1 N–H and O–H groups in total. The molecule has 0 rings (SSSR count). The van der Waals surface area contributed by atoms with Gasteiger partial charge in [0.1, 0.15) is 6.04 Å². The van der Waals surface area contributed by atoms with E-state index in [2.05, 4.69) is 12.2 Å². The molecule has 0 aliphatic heterocycles. The molecule has 5 heteroatoms. The zero-order chi connectivity index (χ0) is 15.9. The number of ether oxygens (including phenoxy) is 2. The van der Waals surface area contributed by atoms with Crippen LogP contribution in [0.4, 0.5) is 4.79 Å². The molecule has 0 saturated carbocycles. The Balaban J connectivity index is 4.02. The Morgan fingerprint density at radius 2 is 1.52 bits per heavy atom.